The van der Waals surface area contributed by atoms with E-state index in [-0.39, 0.29) is 12.8 Å². The predicted molar refractivity (Wildman–Crippen MR) is 63.1 cm³/mol. The van der Waals surface area contributed by atoms with Crippen LogP contribution < -0.4 is 5.32 Å². The summed E-state index contributed by atoms with van der Waals surface area (Å²) < 4.78 is 41.9. The standard InChI is InChI=1S/C12H19F3N2O/c1-3-11(16-4-2)10-5-6-17(7-10)9-18-8-12(13,14)15/h5-7,11,16H,3-4,8-9H2,1-2H3. The molecule has 1 heterocycles. The van der Waals surface area contributed by atoms with Gasteiger partial charge >= 0.3 is 6.18 Å². The molecule has 0 aromatic carbocycles. The summed E-state index contributed by atoms with van der Waals surface area (Å²) in [5.74, 6) is 0. The van der Waals surface area contributed by atoms with Crippen molar-refractivity contribution in [2.75, 3.05) is 13.2 Å². The molecule has 0 saturated carbocycles. The number of nitrogens with zero attached hydrogens (tertiary/aromatic N) is 1. The van der Waals surface area contributed by atoms with Crippen molar-refractivity contribution < 1.29 is 17.9 Å². The van der Waals surface area contributed by atoms with Crippen LogP contribution in [-0.4, -0.2) is 23.9 Å². The van der Waals surface area contributed by atoms with E-state index >= 15 is 0 Å². The molecule has 0 amide bonds. The molecular weight excluding hydrogens is 245 g/mol. The highest BCUT2D eigenvalue weighted by molar-refractivity contribution is 5.15. The molecule has 0 bridgehead atoms. The zero-order valence-electron chi connectivity index (χ0n) is 10.6. The van der Waals surface area contributed by atoms with Gasteiger partial charge in [-0.25, -0.2) is 0 Å². The second kappa shape index (κ2) is 6.80. The van der Waals surface area contributed by atoms with E-state index in [0.717, 1.165) is 18.5 Å². The molecule has 1 atom stereocenters. The van der Waals surface area contributed by atoms with Crippen molar-refractivity contribution in [3.8, 4) is 0 Å². The number of ether oxygens (including phenoxy) is 1. The third-order valence-electron chi connectivity index (χ3n) is 2.54. The van der Waals surface area contributed by atoms with Crippen molar-refractivity contribution >= 4 is 0 Å². The second-order valence-corrected chi connectivity index (χ2v) is 4.07. The molecule has 1 N–H and O–H groups in total. The lowest BCUT2D eigenvalue weighted by Crippen LogP contribution is -2.20. The molecule has 104 valence electrons. The Morgan fingerprint density at radius 1 is 1.39 bits per heavy atom. The average molecular weight is 264 g/mol. The summed E-state index contributed by atoms with van der Waals surface area (Å²) >= 11 is 0. The van der Waals surface area contributed by atoms with E-state index in [9.17, 15) is 13.2 Å². The maximum absolute atomic E-state index is 11.9. The summed E-state index contributed by atoms with van der Waals surface area (Å²) in [5, 5.41) is 3.31. The predicted octanol–water partition coefficient (Wildman–Crippen LogP) is 3.09. The number of halogens is 3. The lowest BCUT2D eigenvalue weighted by atomic mass is 10.1. The summed E-state index contributed by atoms with van der Waals surface area (Å²) in [6, 6.07) is 2.13. The fourth-order valence-corrected chi connectivity index (χ4v) is 1.76. The van der Waals surface area contributed by atoms with Crippen molar-refractivity contribution in [3.63, 3.8) is 0 Å². The largest absolute Gasteiger partial charge is 0.411 e. The van der Waals surface area contributed by atoms with Crippen LogP contribution in [0.5, 0.6) is 0 Å². The quantitative estimate of drug-likeness (QED) is 0.819. The van der Waals surface area contributed by atoms with Crippen molar-refractivity contribution in [2.24, 2.45) is 0 Å². The zero-order valence-corrected chi connectivity index (χ0v) is 10.6. The molecule has 0 saturated heterocycles. The molecule has 0 radical (unpaired) electrons. The molecule has 18 heavy (non-hydrogen) atoms. The van der Waals surface area contributed by atoms with Gasteiger partial charge in [-0.15, -0.1) is 0 Å². The number of hydrogen-bond acceptors (Lipinski definition) is 2. The highest BCUT2D eigenvalue weighted by atomic mass is 19.4. The number of alkyl halides is 3. The molecular formula is C12H19F3N2O. The fourth-order valence-electron chi connectivity index (χ4n) is 1.76. The van der Waals surface area contributed by atoms with Crippen LogP contribution in [0.3, 0.4) is 0 Å². The molecule has 1 aromatic heterocycles. The first-order valence-electron chi connectivity index (χ1n) is 5.99. The molecule has 3 nitrogen and oxygen atoms in total. The van der Waals surface area contributed by atoms with Gasteiger partial charge in [0.25, 0.3) is 0 Å². The molecule has 1 unspecified atom stereocenters. The van der Waals surface area contributed by atoms with E-state index in [1.165, 1.54) is 0 Å². The van der Waals surface area contributed by atoms with Crippen LogP contribution in [0.25, 0.3) is 0 Å². The SMILES string of the molecule is CCNC(CC)c1ccn(COCC(F)(F)F)c1. The van der Waals surface area contributed by atoms with Gasteiger partial charge in [0.1, 0.15) is 13.3 Å². The van der Waals surface area contributed by atoms with E-state index in [1.807, 2.05) is 19.2 Å². The average Bonchev–Trinajstić information content (AvgIpc) is 2.72. The summed E-state index contributed by atoms with van der Waals surface area (Å²) in [6.45, 7) is 3.64. The number of rotatable bonds is 7. The Kier molecular flexibility index (Phi) is 5.68. The highest BCUT2D eigenvalue weighted by Gasteiger charge is 2.27. The minimum Gasteiger partial charge on any atom is -0.351 e. The minimum atomic E-state index is -4.27. The monoisotopic (exact) mass is 264 g/mol. The molecule has 0 fully saturated rings. The number of nitrogens with one attached hydrogen (secondary N) is 1. The zero-order chi connectivity index (χ0) is 13.6. The molecule has 0 aliphatic rings. The van der Waals surface area contributed by atoms with E-state index in [4.69, 9.17) is 0 Å². The van der Waals surface area contributed by atoms with Gasteiger partial charge in [0, 0.05) is 18.4 Å². The van der Waals surface area contributed by atoms with Gasteiger partial charge < -0.3 is 14.6 Å². The Labute approximate surface area is 105 Å². The summed E-state index contributed by atoms with van der Waals surface area (Å²) in [5.41, 5.74) is 1.06. The summed E-state index contributed by atoms with van der Waals surface area (Å²) in [7, 11) is 0. The Morgan fingerprint density at radius 2 is 2.11 bits per heavy atom. The van der Waals surface area contributed by atoms with E-state index < -0.39 is 12.8 Å². The van der Waals surface area contributed by atoms with Gasteiger partial charge in [0.15, 0.2) is 0 Å². The number of aromatic nitrogens is 1. The van der Waals surface area contributed by atoms with Gasteiger partial charge in [-0.3, -0.25) is 0 Å². The first-order valence-corrected chi connectivity index (χ1v) is 5.99. The Hall–Kier alpha value is -1.01. The first-order chi connectivity index (χ1) is 8.46. The lowest BCUT2D eigenvalue weighted by molar-refractivity contribution is -0.181. The molecule has 6 heteroatoms. The third kappa shape index (κ3) is 5.10. The Morgan fingerprint density at radius 3 is 2.67 bits per heavy atom. The molecule has 1 rings (SSSR count). The first kappa shape index (κ1) is 15.0. The van der Waals surface area contributed by atoms with Gasteiger partial charge in [-0.2, -0.15) is 13.2 Å². The van der Waals surface area contributed by atoms with Crippen LogP contribution in [0.4, 0.5) is 13.2 Å². The topological polar surface area (TPSA) is 26.2 Å². The summed E-state index contributed by atoms with van der Waals surface area (Å²) in [6.07, 6.45) is 0.200. The summed E-state index contributed by atoms with van der Waals surface area (Å²) in [4.78, 5) is 0. The Balaban J connectivity index is 2.47. The molecule has 0 aliphatic carbocycles. The smallest absolute Gasteiger partial charge is 0.351 e. The van der Waals surface area contributed by atoms with Crippen LogP contribution in [0.15, 0.2) is 18.5 Å². The lowest BCUT2D eigenvalue weighted by Gasteiger charge is -2.14. The van der Waals surface area contributed by atoms with Crippen molar-refractivity contribution in [1.82, 2.24) is 9.88 Å². The molecule has 1 aromatic rings. The Bertz CT molecular complexity index is 349. The maximum atomic E-state index is 11.9. The van der Waals surface area contributed by atoms with Crippen LogP contribution in [0, 0.1) is 0 Å². The molecule has 0 spiro atoms. The van der Waals surface area contributed by atoms with E-state index in [1.54, 1.807) is 10.8 Å². The van der Waals surface area contributed by atoms with Crippen molar-refractivity contribution in [1.29, 1.82) is 0 Å². The van der Waals surface area contributed by atoms with Crippen LogP contribution in [0.1, 0.15) is 31.9 Å². The van der Waals surface area contributed by atoms with Gasteiger partial charge in [-0.05, 0) is 24.6 Å². The fraction of sp³-hybridized carbons (Fsp3) is 0.667. The number of hydrogen-bond donors (Lipinski definition) is 1. The van der Waals surface area contributed by atoms with Crippen molar-refractivity contribution in [3.05, 3.63) is 24.0 Å². The van der Waals surface area contributed by atoms with Gasteiger partial charge in [0.05, 0.1) is 0 Å². The minimum absolute atomic E-state index is 0.0813. The van der Waals surface area contributed by atoms with E-state index in [2.05, 4.69) is 17.0 Å². The molecule has 0 aliphatic heterocycles. The van der Waals surface area contributed by atoms with E-state index in [0.29, 0.717) is 0 Å². The van der Waals surface area contributed by atoms with Crippen LogP contribution in [-0.2, 0) is 11.5 Å². The van der Waals surface area contributed by atoms with Crippen molar-refractivity contribution in [2.45, 2.75) is 39.2 Å². The van der Waals surface area contributed by atoms with Crippen LogP contribution in [0.2, 0.25) is 0 Å². The van der Waals surface area contributed by atoms with Crippen LogP contribution >= 0.6 is 0 Å². The maximum Gasteiger partial charge on any atom is 0.411 e. The van der Waals surface area contributed by atoms with Gasteiger partial charge in [-0.1, -0.05) is 13.8 Å². The highest BCUT2D eigenvalue weighted by Crippen LogP contribution is 2.18. The second-order valence-electron chi connectivity index (χ2n) is 4.07. The normalized spacial score (nSPS) is 13.8. The van der Waals surface area contributed by atoms with Gasteiger partial charge in [0.2, 0.25) is 0 Å². The third-order valence-corrected chi connectivity index (χ3v) is 2.54.